The fourth-order valence-electron chi connectivity index (χ4n) is 1.25. The summed E-state index contributed by atoms with van der Waals surface area (Å²) in [6.45, 7) is 0.803. The topological polar surface area (TPSA) is 40.5 Å². The Morgan fingerprint density at radius 1 is 1.23 bits per heavy atom. The molecule has 68 valence electrons. The number of aromatic nitrogens is 1. The van der Waals surface area contributed by atoms with Crippen molar-refractivity contribution in [2.75, 3.05) is 0 Å². The van der Waals surface area contributed by atoms with Crippen molar-refractivity contribution in [2.45, 2.75) is 6.54 Å². The summed E-state index contributed by atoms with van der Waals surface area (Å²) in [5.41, 5.74) is 6.06. The van der Waals surface area contributed by atoms with Crippen LogP contribution in [0.25, 0.3) is 10.9 Å². The molecule has 0 bridgehead atoms. The fourth-order valence-corrected chi connectivity index (χ4v) is 1.25. The van der Waals surface area contributed by atoms with Crippen molar-refractivity contribution < 1.29 is 18.1 Å². The summed E-state index contributed by atoms with van der Waals surface area (Å²) in [5.74, 6) is 0. The van der Waals surface area contributed by atoms with Crippen LogP contribution in [0.1, 0.15) is 5.56 Å². The van der Waals surface area contributed by atoms with E-state index >= 15 is 0 Å². The third-order valence-corrected chi connectivity index (χ3v) is 1.94. The van der Waals surface area contributed by atoms with E-state index < -0.39 is 0 Å². The first-order chi connectivity index (χ1) is 5.90. The van der Waals surface area contributed by atoms with Gasteiger partial charge in [0.25, 0.3) is 0 Å². The summed E-state index contributed by atoms with van der Waals surface area (Å²) < 4.78 is 0. The average Bonchev–Trinajstić information content (AvgIpc) is 2.17. The highest BCUT2D eigenvalue weighted by atomic mass is 35.5. The molecule has 2 rings (SSSR count). The Labute approximate surface area is 83.2 Å². The molecule has 1 aromatic heterocycles. The Kier molecular flexibility index (Phi) is 3.23. The molecule has 0 fully saturated rings. The number of pyridine rings is 1. The zero-order valence-corrected chi connectivity index (χ0v) is 7.96. The monoisotopic (exact) mass is 194 g/mol. The number of nitrogens with zero attached hydrogens (tertiary/aromatic N) is 1. The van der Waals surface area contributed by atoms with Crippen LogP contribution in [0.5, 0.6) is 0 Å². The number of fused-ring (bicyclic) bond motifs is 1. The van der Waals surface area contributed by atoms with Crippen LogP contribution in [0.2, 0.25) is 0 Å². The van der Waals surface area contributed by atoms with Crippen molar-refractivity contribution in [3.8, 4) is 0 Å². The van der Waals surface area contributed by atoms with Gasteiger partial charge in [-0.1, -0.05) is 18.2 Å². The second-order valence-electron chi connectivity index (χ2n) is 2.79. The summed E-state index contributed by atoms with van der Waals surface area (Å²) in [6.07, 6.45) is 1.88. The van der Waals surface area contributed by atoms with Crippen LogP contribution in [-0.4, -0.2) is 4.98 Å². The first-order valence-corrected chi connectivity index (χ1v) is 4.03. The molecule has 0 spiro atoms. The second-order valence-corrected chi connectivity index (χ2v) is 2.79. The molecule has 3 N–H and O–H groups in total. The molecule has 0 aliphatic heterocycles. The van der Waals surface area contributed by atoms with E-state index in [1.165, 1.54) is 10.9 Å². The van der Waals surface area contributed by atoms with E-state index in [2.05, 4.69) is 22.9 Å². The summed E-state index contributed by atoms with van der Waals surface area (Å²) in [6, 6.07) is 10.2. The lowest BCUT2D eigenvalue weighted by molar-refractivity contribution is -0.386. The largest absolute Gasteiger partial charge is 1.00 e. The molecule has 13 heavy (non-hydrogen) atoms. The summed E-state index contributed by atoms with van der Waals surface area (Å²) >= 11 is 0. The molecule has 0 aliphatic rings. The fraction of sp³-hybridized carbons (Fsp3) is 0.100. The average molecular weight is 195 g/mol. The van der Waals surface area contributed by atoms with Gasteiger partial charge in [-0.15, -0.1) is 0 Å². The van der Waals surface area contributed by atoms with Crippen molar-refractivity contribution in [2.24, 2.45) is 0 Å². The zero-order valence-electron chi connectivity index (χ0n) is 7.20. The molecule has 2 nitrogen and oxygen atoms in total. The Hall–Kier alpha value is -1.12. The van der Waals surface area contributed by atoms with Crippen molar-refractivity contribution in [3.05, 3.63) is 42.1 Å². The number of hydrogen-bond acceptors (Lipinski definition) is 1. The normalized spacial score (nSPS) is 9.62. The number of halogens is 1. The Morgan fingerprint density at radius 2 is 2.00 bits per heavy atom. The molecule has 0 atom stereocenters. The molecule has 0 amide bonds. The molecule has 0 aliphatic carbocycles. The van der Waals surface area contributed by atoms with Crippen molar-refractivity contribution >= 4 is 10.9 Å². The minimum Gasteiger partial charge on any atom is -1.00 e. The van der Waals surface area contributed by atoms with Crippen molar-refractivity contribution in [1.29, 1.82) is 0 Å². The highest BCUT2D eigenvalue weighted by Crippen LogP contribution is 2.11. The van der Waals surface area contributed by atoms with Gasteiger partial charge in [0, 0.05) is 17.1 Å². The maximum Gasteiger partial charge on any atom is 0.101 e. The van der Waals surface area contributed by atoms with Crippen LogP contribution in [0.15, 0.2) is 36.5 Å². The predicted molar refractivity (Wildman–Crippen MR) is 48.3 cm³/mol. The minimum atomic E-state index is 0. The Bertz CT molecular complexity index is 401. The first kappa shape index (κ1) is 9.96. The molecule has 0 saturated carbocycles. The van der Waals surface area contributed by atoms with E-state index in [-0.39, 0.29) is 12.4 Å². The van der Waals surface area contributed by atoms with E-state index in [1.54, 1.807) is 0 Å². The SMILES string of the molecule is [Cl-].[NH3+]Cc1cnc2ccccc2c1. The van der Waals surface area contributed by atoms with Crippen LogP contribution >= 0.6 is 0 Å². The number of quaternary nitrogens is 1. The highest BCUT2D eigenvalue weighted by molar-refractivity contribution is 5.78. The molecule has 0 saturated heterocycles. The van der Waals surface area contributed by atoms with Crippen LogP contribution in [0.3, 0.4) is 0 Å². The van der Waals surface area contributed by atoms with Gasteiger partial charge in [0.05, 0.1) is 5.52 Å². The smallest absolute Gasteiger partial charge is 0.101 e. The maximum absolute atomic E-state index is 4.31. The van der Waals surface area contributed by atoms with Gasteiger partial charge in [-0.25, -0.2) is 0 Å². The third-order valence-electron chi connectivity index (χ3n) is 1.94. The van der Waals surface area contributed by atoms with Crippen LogP contribution < -0.4 is 18.1 Å². The van der Waals surface area contributed by atoms with E-state index in [9.17, 15) is 0 Å². The van der Waals surface area contributed by atoms with Gasteiger partial charge in [-0.2, -0.15) is 0 Å². The number of rotatable bonds is 1. The number of hydrogen-bond donors (Lipinski definition) is 1. The first-order valence-electron chi connectivity index (χ1n) is 4.03. The van der Waals surface area contributed by atoms with Gasteiger partial charge >= 0.3 is 0 Å². The van der Waals surface area contributed by atoms with E-state index in [1.807, 2.05) is 24.4 Å². The van der Waals surface area contributed by atoms with E-state index in [0.717, 1.165) is 12.1 Å². The molecule has 0 unspecified atom stereocenters. The lowest BCUT2D eigenvalue weighted by Crippen LogP contribution is -3.00. The zero-order chi connectivity index (χ0) is 8.39. The second kappa shape index (κ2) is 4.21. The molecule has 0 radical (unpaired) electrons. The van der Waals surface area contributed by atoms with Gasteiger partial charge in [0.2, 0.25) is 0 Å². The minimum absolute atomic E-state index is 0. The number of benzene rings is 1. The predicted octanol–water partition coefficient (Wildman–Crippen LogP) is -2.02. The molecular formula is C10H11ClN2. The van der Waals surface area contributed by atoms with Gasteiger partial charge < -0.3 is 18.1 Å². The van der Waals surface area contributed by atoms with Crippen LogP contribution in [-0.2, 0) is 6.54 Å². The molecule has 1 aromatic carbocycles. The summed E-state index contributed by atoms with van der Waals surface area (Å²) in [7, 11) is 0. The van der Waals surface area contributed by atoms with Gasteiger partial charge in [0.1, 0.15) is 6.54 Å². The molecular weight excluding hydrogens is 184 g/mol. The van der Waals surface area contributed by atoms with Crippen molar-refractivity contribution in [1.82, 2.24) is 4.98 Å². The van der Waals surface area contributed by atoms with E-state index in [4.69, 9.17) is 0 Å². The Morgan fingerprint density at radius 3 is 2.77 bits per heavy atom. The third kappa shape index (κ3) is 1.97. The van der Waals surface area contributed by atoms with Crippen LogP contribution in [0, 0.1) is 0 Å². The van der Waals surface area contributed by atoms with Gasteiger partial charge in [-0.3, -0.25) is 4.98 Å². The van der Waals surface area contributed by atoms with Gasteiger partial charge in [-0.05, 0) is 12.1 Å². The lowest BCUT2D eigenvalue weighted by Gasteiger charge is -1.97. The summed E-state index contributed by atoms with van der Waals surface area (Å²) in [4.78, 5) is 4.31. The quantitative estimate of drug-likeness (QED) is 0.560. The molecule has 1 heterocycles. The standard InChI is InChI=1S/C10H10N2.ClH/c11-6-8-5-9-3-1-2-4-10(9)12-7-8;/h1-5,7H,6,11H2;1H. The maximum atomic E-state index is 4.31. The summed E-state index contributed by atoms with van der Waals surface area (Å²) in [5, 5.41) is 1.19. The van der Waals surface area contributed by atoms with Gasteiger partial charge in [0.15, 0.2) is 0 Å². The molecule has 2 aromatic rings. The van der Waals surface area contributed by atoms with Crippen molar-refractivity contribution in [3.63, 3.8) is 0 Å². The highest BCUT2D eigenvalue weighted by Gasteiger charge is 1.95. The van der Waals surface area contributed by atoms with Crippen LogP contribution in [0.4, 0.5) is 0 Å². The number of para-hydroxylation sites is 1. The van der Waals surface area contributed by atoms with E-state index in [0.29, 0.717) is 0 Å². The molecule has 3 heteroatoms. The lowest BCUT2D eigenvalue weighted by atomic mass is 10.2. The Balaban J connectivity index is 0.000000845.